The van der Waals surface area contributed by atoms with Crippen LogP contribution in [0.1, 0.15) is 31.7 Å². The van der Waals surface area contributed by atoms with E-state index < -0.39 is 0 Å². The van der Waals surface area contributed by atoms with Crippen LogP contribution in [0.4, 0.5) is 11.4 Å². The first-order valence-electron chi connectivity index (χ1n) is 14.0. The van der Waals surface area contributed by atoms with Crippen LogP contribution in [0.5, 0.6) is 0 Å². The number of nitrogens with one attached hydrogen (secondary N) is 1. The van der Waals surface area contributed by atoms with Crippen LogP contribution in [0.15, 0.2) is 83.9 Å². The van der Waals surface area contributed by atoms with E-state index in [-0.39, 0.29) is 6.04 Å². The number of anilines is 2. The van der Waals surface area contributed by atoms with Crippen molar-refractivity contribution < 1.29 is 0 Å². The highest BCUT2D eigenvalue weighted by Gasteiger charge is 2.29. The van der Waals surface area contributed by atoms with Crippen LogP contribution in [0.3, 0.4) is 0 Å². The zero-order valence-electron chi connectivity index (χ0n) is 22.8. The average Bonchev–Trinajstić information content (AvgIpc) is 3.13. The molecule has 202 valence electrons. The lowest BCUT2D eigenvalue weighted by Crippen LogP contribution is -2.49. The smallest absolute Gasteiger partial charge is 0.101 e. The standard InChI is InChI=1S/C33H38BrN5/c1-22-10-13-33(23(2)35-22)39-24(3)31-12-11-29(19-32(31)25(39)4)37-20-27(21-37)14-17-36-15-7-16-38(26(36)5)30-9-6-8-28(34)18-30/h6,8-9,11-12,18-19,27,33,35H,1-5,7,10,13-17,20-21H2. The molecule has 1 N–H and O–H groups in total. The first-order valence-corrected chi connectivity index (χ1v) is 14.8. The number of allylic oxidation sites excluding steroid dienone is 2. The highest BCUT2D eigenvalue weighted by molar-refractivity contribution is 9.10. The molecule has 0 radical (unpaired) electrons. The number of piperidine rings is 1. The zero-order valence-corrected chi connectivity index (χ0v) is 24.3. The summed E-state index contributed by atoms with van der Waals surface area (Å²) < 4.78 is 3.37. The molecule has 4 heterocycles. The van der Waals surface area contributed by atoms with Crippen LogP contribution < -0.4 is 25.8 Å². The Kier molecular flexibility index (Phi) is 6.84. The molecule has 6 rings (SSSR count). The number of halogens is 1. The number of aromatic nitrogens is 1. The maximum atomic E-state index is 4.47. The highest BCUT2D eigenvalue weighted by Crippen LogP contribution is 2.32. The van der Waals surface area contributed by atoms with Gasteiger partial charge in [0.1, 0.15) is 5.82 Å². The second-order valence-corrected chi connectivity index (χ2v) is 12.2. The third-order valence-corrected chi connectivity index (χ3v) is 9.21. The van der Waals surface area contributed by atoms with Crippen molar-refractivity contribution in [2.75, 3.05) is 42.5 Å². The molecule has 2 aromatic carbocycles. The van der Waals surface area contributed by atoms with Crippen LogP contribution >= 0.6 is 15.9 Å². The van der Waals surface area contributed by atoms with E-state index in [2.05, 4.69) is 116 Å². The number of fused-ring (bicyclic) bond motifs is 1. The Balaban J connectivity index is 1.09. The van der Waals surface area contributed by atoms with E-state index >= 15 is 0 Å². The second-order valence-electron chi connectivity index (χ2n) is 11.2. The molecule has 3 aliphatic heterocycles. The number of hydrogen-bond donors (Lipinski definition) is 1. The van der Waals surface area contributed by atoms with E-state index in [1.807, 2.05) is 0 Å². The molecule has 0 bridgehead atoms. The number of hydrogen-bond acceptors (Lipinski definition) is 4. The topological polar surface area (TPSA) is 26.7 Å². The summed E-state index contributed by atoms with van der Waals surface area (Å²) in [6.07, 6.45) is 4.25. The van der Waals surface area contributed by atoms with Crippen molar-refractivity contribution in [3.63, 3.8) is 0 Å². The van der Waals surface area contributed by atoms with Gasteiger partial charge in [-0.25, -0.2) is 0 Å². The molecule has 3 aromatic rings. The molecule has 39 heavy (non-hydrogen) atoms. The number of benzene rings is 2. The molecule has 5 nitrogen and oxygen atoms in total. The lowest BCUT2D eigenvalue weighted by Gasteiger charge is -2.44. The van der Waals surface area contributed by atoms with Crippen LogP contribution in [-0.2, 0) is 0 Å². The summed E-state index contributed by atoms with van der Waals surface area (Å²) in [5.74, 6) is 1.82. The van der Waals surface area contributed by atoms with E-state index in [1.165, 1.54) is 28.6 Å². The van der Waals surface area contributed by atoms with E-state index in [0.29, 0.717) is 5.92 Å². The average molecular weight is 585 g/mol. The fourth-order valence-electron chi connectivity index (χ4n) is 6.47. The van der Waals surface area contributed by atoms with Gasteiger partial charge in [-0.2, -0.15) is 0 Å². The number of nitrogens with zero attached hydrogens (tertiary/aromatic N) is 4. The monoisotopic (exact) mass is 583 g/mol. The van der Waals surface area contributed by atoms with Crippen molar-refractivity contribution in [2.24, 2.45) is 5.92 Å². The quantitative estimate of drug-likeness (QED) is 0.403. The summed E-state index contributed by atoms with van der Waals surface area (Å²) in [6.45, 7) is 27.0. The molecule has 3 aliphatic rings. The summed E-state index contributed by atoms with van der Waals surface area (Å²) in [5.41, 5.74) is 4.49. The molecular weight excluding hydrogens is 546 g/mol. The van der Waals surface area contributed by atoms with Crippen molar-refractivity contribution >= 4 is 51.2 Å². The fourth-order valence-corrected chi connectivity index (χ4v) is 6.86. The van der Waals surface area contributed by atoms with E-state index in [0.717, 1.165) is 84.4 Å². The van der Waals surface area contributed by atoms with Gasteiger partial charge in [0, 0.05) is 81.4 Å². The first kappa shape index (κ1) is 25.9. The van der Waals surface area contributed by atoms with Gasteiger partial charge in [-0.15, -0.1) is 0 Å². The van der Waals surface area contributed by atoms with Crippen LogP contribution in [0.25, 0.3) is 23.9 Å². The van der Waals surface area contributed by atoms with E-state index in [4.69, 9.17) is 0 Å². The first-order chi connectivity index (χ1) is 18.8. The van der Waals surface area contributed by atoms with Gasteiger partial charge >= 0.3 is 0 Å². The fraction of sp³-hybridized carbons (Fsp3) is 0.333. The maximum absolute atomic E-state index is 4.47. The van der Waals surface area contributed by atoms with Crippen molar-refractivity contribution in [2.45, 2.75) is 31.7 Å². The van der Waals surface area contributed by atoms with E-state index in [1.54, 1.807) is 0 Å². The Morgan fingerprint density at radius 3 is 2.46 bits per heavy atom. The molecule has 0 spiro atoms. The van der Waals surface area contributed by atoms with Gasteiger partial charge < -0.3 is 24.6 Å². The summed E-state index contributed by atoms with van der Waals surface area (Å²) in [5, 5.41) is 7.75. The van der Waals surface area contributed by atoms with Crippen LogP contribution in [-0.4, -0.2) is 42.2 Å². The summed E-state index contributed by atoms with van der Waals surface area (Å²) in [6, 6.07) is 15.4. The summed E-state index contributed by atoms with van der Waals surface area (Å²) in [7, 11) is 0. The minimum absolute atomic E-state index is 0.156. The molecule has 1 atom stereocenters. The van der Waals surface area contributed by atoms with Crippen molar-refractivity contribution in [1.82, 2.24) is 14.8 Å². The second kappa shape index (κ2) is 10.3. The molecule has 6 heteroatoms. The van der Waals surface area contributed by atoms with Gasteiger partial charge in [-0.1, -0.05) is 61.0 Å². The van der Waals surface area contributed by atoms with Gasteiger partial charge in [-0.05, 0) is 61.9 Å². The van der Waals surface area contributed by atoms with Crippen LogP contribution in [0.2, 0.25) is 0 Å². The minimum atomic E-state index is 0.156. The van der Waals surface area contributed by atoms with Crippen LogP contribution in [0, 0.1) is 5.92 Å². The molecule has 1 unspecified atom stereocenters. The predicted molar refractivity (Wildman–Crippen MR) is 169 cm³/mol. The molecule has 0 aliphatic carbocycles. The predicted octanol–water partition coefficient (Wildman–Crippen LogP) is 5.69. The Hall–Kier alpha value is -3.38. The zero-order chi connectivity index (χ0) is 27.3. The Morgan fingerprint density at radius 1 is 0.897 bits per heavy atom. The van der Waals surface area contributed by atoms with Crippen molar-refractivity contribution in [1.29, 1.82) is 0 Å². The van der Waals surface area contributed by atoms with Gasteiger partial charge in [0.25, 0.3) is 0 Å². The highest BCUT2D eigenvalue weighted by atomic mass is 79.9. The third-order valence-electron chi connectivity index (χ3n) is 8.71. The molecule has 1 aromatic heterocycles. The third kappa shape index (κ3) is 4.80. The molecule has 3 fully saturated rings. The lowest BCUT2D eigenvalue weighted by molar-refractivity contribution is 0.261. The summed E-state index contributed by atoms with van der Waals surface area (Å²) in [4.78, 5) is 7.31. The Bertz CT molecular complexity index is 1560. The lowest BCUT2D eigenvalue weighted by atomic mass is 9.94. The molecule has 0 amide bonds. The SMILES string of the molecule is C=C1CCC(n2c(=C)c3ccc(N4CC(CCN5CCCN(c6cccc(Br)c6)C5=C)C4)cc3c2=C)C(=C)N1. The maximum Gasteiger partial charge on any atom is 0.101 e. The molecule has 0 saturated carbocycles. The molecular formula is C33H38BrN5. The van der Waals surface area contributed by atoms with E-state index in [9.17, 15) is 0 Å². The number of rotatable bonds is 6. The summed E-state index contributed by atoms with van der Waals surface area (Å²) >= 11 is 3.61. The van der Waals surface area contributed by atoms with Gasteiger partial charge in [-0.3, -0.25) is 0 Å². The van der Waals surface area contributed by atoms with Gasteiger partial charge in [0.05, 0.1) is 6.04 Å². The Labute approximate surface area is 240 Å². The largest absolute Gasteiger partial charge is 0.371 e. The van der Waals surface area contributed by atoms with Crippen molar-refractivity contribution in [3.05, 3.63) is 94.6 Å². The molecule has 3 saturated heterocycles. The van der Waals surface area contributed by atoms with Gasteiger partial charge in [0.15, 0.2) is 0 Å². The van der Waals surface area contributed by atoms with Crippen molar-refractivity contribution in [3.8, 4) is 0 Å². The minimum Gasteiger partial charge on any atom is -0.371 e. The normalized spacial score (nSPS) is 20.5. The Morgan fingerprint density at radius 2 is 1.69 bits per heavy atom. The van der Waals surface area contributed by atoms with Gasteiger partial charge in [0.2, 0.25) is 0 Å².